The van der Waals surface area contributed by atoms with Crippen LogP contribution >= 0.6 is 0 Å². The second kappa shape index (κ2) is 9.98. The van der Waals surface area contributed by atoms with Crippen molar-refractivity contribution in [2.75, 3.05) is 13.1 Å². The number of rotatable bonds is 8. The van der Waals surface area contributed by atoms with Crippen LogP contribution in [0.25, 0.3) is 0 Å². The Morgan fingerprint density at radius 1 is 1.14 bits per heavy atom. The van der Waals surface area contributed by atoms with E-state index in [1.165, 1.54) is 12.1 Å². The van der Waals surface area contributed by atoms with E-state index in [9.17, 15) is 18.3 Å². The molecule has 0 saturated heterocycles. The van der Waals surface area contributed by atoms with Gasteiger partial charge in [0.2, 0.25) is 0 Å². The van der Waals surface area contributed by atoms with Crippen molar-refractivity contribution in [3.05, 3.63) is 65.5 Å². The Balaban J connectivity index is 2.13. The Bertz CT molecular complexity index is 784. The van der Waals surface area contributed by atoms with Crippen molar-refractivity contribution in [3.63, 3.8) is 0 Å². The maximum absolute atomic E-state index is 14.1. The lowest BCUT2D eigenvalue weighted by molar-refractivity contribution is -0.0506. The quantitative estimate of drug-likeness (QED) is 0.474. The molecule has 1 atom stereocenters. The molecular weight excluding hydrogens is 371 g/mol. The minimum absolute atomic E-state index is 0.0742. The van der Waals surface area contributed by atoms with Gasteiger partial charge in [-0.05, 0) is 31.5 Å². The maximum atomic E-state index is 14.1. The molecule has 2 rings (SSSR count). The van der Waals surface area contributed by atoms with Gasteiger partial charge in [-0.15, -0.1) is 0 Å². The average Bonchev–Trinajstić information content (AvgIpc) is 2.66. The van der Waals surface area contributed by atoms with Crippen LogP contribution in [0.15, 0.2) is 53.5 Å². The van der Waals surface area contributed by atoms with Gasteiger partial charge < -0.3 is 20.5 Å². The molecule has 2 aromatic rings. The van der Waals surface area contributed by atoms with Gasteiger partial charge in [-0.3, -0.25) is 0 Å². The first-order valence-electron chi connectivity index (χ1n) is 8.85. The highest BCUT2D eigenvalue weighted by molar-refractivity contribution is 5.79. The highest BCUT2D eigenvalue weighted by Gasteiger charge is 2.23. The van der Waals surface area contributed by atoms with Gasteiger partial charge in [-0.25, -0.2) is 9.38 Å². The van der Waals surface area contributed by atoms with Crippen LogP contribution in [0.1, 0.15) is 25.0 Å². The Hall–Kier alpha value is -2.74. The molecule has 8 heteroatoms. The van der Waals surface area contributed by atoms with Crippen LogP contribution in [0, 0.1) is 5.82 Å². The molecule has 5 nitrogen and oxygen atoms in total. The van der Waals surface area contributed by atoms with E-state index in [-0.39, 0.29) is 24.4 Å². The number of halogens is 3. The summed E-state index contributed by atoms with van der Waals surface area (Å²) in [5.74, 6) is -0.634. The lowest BCUT2D eigenvalue weighted by atomic mass is 9.96. The first kappa shape index (κ1) is 21.6. The third-order valence-corrected chi connectivity index (χ3v) is 4.03. The maximum Gasteiger partial charge on any atom is 0.387 e. The number of aliphatic hydroxyl groups is 1. The molecule has 0 aromatic heterocycles. The number of alkyl halides is 2. The highest BCUT2D eigenvalue weighted by atomic mass is 19.3. The topological polar surface area (TPSA) is 65.9 Å². The van der Waals surface area contributed by atoms with Gasteiger partial charge in [0.15, 0.2) is 5.96 Å². The normalized spacial score (nSPS) is 13.9. The van der Waals surface area contributed by atoms with Gasteiger partial charge >= 0.3 is 6.61 Å². The Morgan fingerprint density at radius 2 is 1.86 bits per heavy atom. The summed E-state index contributed by atoms with van der Waals surface area (Å²) in [6, 6.07) is 12.8. The van der Waals surface area contributed by atoms with Gasteiger partial charge in [0.1, 0.15) is 17.2 Å². The van der Waals surface area contributed by atoms with Crippen LogP contribution in [-0.2, 0) is 12.1 Å². The smallest absolute Gasteiger partial charge is 0.387 e. The van der Waals surface area contributed by atoms with E-state index in [1.807, 2.05) is 25.1 Å². The standard InChI is InChI=1S/C20H24F3N3O2/c1-3-24-19(26-13-20(2,27)14-8-5-4-6-9-14)25-12-15-16(21)10-7-11-17(15)28-18(22)23/h4-11,18,27H,3,12-13H2,1-2H3,(H2,24,25,26). The van der Waals surface area contributed by atoms with E-state index in [2.05, 4.69) is 20.4 Å². The highest BCUT2D eigenvalue weighted by Crippen LogP contribution is 2.24. The molecular formula is C20H24F3N3O2. The van der Waals surface area contributed by atoms with Gasteiger partial charge in [-0.1, -0.05) is 36.4 Å². The Kier molecular flexibility index (Phi) is 7.69. The Labute approximate surface area is 162 Å². The lowest BCUT2D eigenvalue weighted by Crippen LogP contribution is -2.44. The fourth-order valence-corrected chi connectivity index (χ4v) is 2.55. The molecule has 28 heavy (non-hydrogen) atoms. The number of nitrogens with zero attached hydrogens (tertiary/aromatic N) is 1. The van der Waals surface area contributed by atoms with Crippen molar-refractivity contribution in [3.8, 4) is 5.75 Å². The molecule has 2 aromatic carbocycles. The first-order valence-corrected chi connectivity index (χ1v) is 8.85. The van der Waals surface area contributed by atoms with Crippen LogP contribution < -0.4 is 15.4 Å². The van der Waals surface area contributed by atoms with Crippen LogP contribution in [0.5, 0.6) is 5.75 Å². The van der Waals surface area contributed by atoms with E-state index < -0.39 is 18.0 Å². The molecule has 0 amide bonds. The summed E-state index contributed by atoms with van der Waals surface area (Å²) < 4.78 is 43.5. The largest absolute Gasteiger partial charge is 0.434 e. The summed E-state index contributed by atoms with van der Waals surface area (Å²) in [5, 5.41) is 16.6. The molecule has 1 unspecified atom stereocenters. The third kappa shape index (κ3) is 6.16. The molecule has 0 aliphatic heterocycles. The summed E-state index contributed by atoms with van der Waals surface area (Å²) in [4.78, 5) is 4.23. The number of guanidine groups is 1. The van der Waals surface area contributed by atoms with Gasteiger partial charge in [0.05, 0.1) is 18.7 Å². The van der Waals surface area contributed by atoms with Gasteiger partial charge in [-0.2, -0.15) is 8.78 Å². The molecule has 0 aliphatic carbocycles. The van der Waals surface area contributed by atoms with Crippen molar-refractivity contribution in [2.24, 2.45) is 4.99 Å². The molecule has 0 bridgehead atoms. The van der Waals surface area contributed by atoms with Crippen molar-refractivity contribution in [1.82, 2.24) is 10.6 Å². The molecule has 0 saturated carbocycles. The average molecular weight is 395 g/mol. The minimum Gasteiger partial charge on any atom is -0.434 e. The SMILES string of the molecule is CCNC(=NCc1c(F)cccc1OC(F)F)NCC(C)(O)c1ccccc1. The minimum atomic E-state index is -3.06. The Morgan fingerprint density at radius 3 is 2.50 bits per heavy atom. The number of nitrogens with one attached hydrogen (secondary N) is 2. The fraction of sp³-hybridized carbons (Fsp3) is 0.350. The number of aliphatic imine (C=N–C) groups is 1. The summed E-state index contributed by atoms with van der Waals surface area (Å²) in [5.41, 5.74) is -0.519. The summed E-state index contributed by atoms with van der Waals surface area (Å²) in [6.45, 7) is 0.900. The van der Waals surface area contributed by atoms with Crippen molar-refractivity contribution in [2.45, 2.75) is 32.6 Å². The number of hydrogen-bond acceptors (Lipinski definition) is 3. The zero-order valence-corrected chi connectivity index (χ0v) is 15.8. The molecule has 0 radical (unpaired) electrons. The zero-order valence-electron chi connectivity index (χ0n) is 15.8. The van der Waals surface area contributed by atoms with E-state index in [0.29, 0.717) is 12.5 Å². The van der Waals surface area contributed by atoms with Crippen molar-refractivity contribution >= 4 is 5.96 Å². The fourth-order valence-electron chi connectivity index (χ4n) is 2.55. The molecule has 0 fully saturated rings. The van der Waals surface area contributed by atoms with E-state index >= 15 is 0 Å². The zero-order chi connectivity index (χ0) is 20.6. The van der Waals surface area contributed by atoms with Crippen molar-refractivity contribution < 1.29 is 23.0 Å². The molecule has 152 valence electrons. The first-order chi connectivity index (χ1) is 13.3. The van der Waals surface area contributed by atoms with Gasteiger partial charge in [0, 0.05) is 6.54 Å². The molecule has 3 N–H and O–H groups in total. The predicted molar refractivity (Wildman–Crippen MR) is 102 cm³/mol. The second-order valence-corrected chi connectivity index (χ2v) is 6.28. The van der Waals surface area contributed by atoms with E-state index in [0.717, 1.165) is 11.6 Å². The second-order valence-electron chi connectivity index (χ2n) is 6.28. The van der Waals surface area contributed by atoms with Gasteiger partial charge in [0.25, 0.3) is 0 Å². The predicted octanol–water partition coefficient (Wildman–Crippen LogP) is 3.39. The number of benzene rings is 2. The number of ether oxygens (including phenoxy) is 1. The number of hydrogen-bond donors (Lipinski definition) is 3. The summed E-state index contributed by atoms with van der Waals surface area (Å²) in [6.07, 6.45) is 0. The molecule has 0 aliphatic rings. The van der Waals surface area contributed by atoms with Crippen LogP contribution in [0.2, 0.25) is 0 Å². The van der Waals surface area contributed by atoms with Crippen LogP contribution in [0.3, 0.4) is 0 Å². The molecule has 0 spiro atoms. The van der Waals surface area contributed by atoms with Crippen LogP contribution in [0.4, 0.5) is 13.2 Å². The van der Waals surface area contributed by atoms with Crippen LogP contribution in [-0.4, -0.2) is 30.8 Å². The monoisotopic (exact) mass is 395 g/mol. The summed E-state index contributed by atoms with van der Waals surface area (Å²) in [7, 11) is 0. The molecule has 0 heterocycles. The van der Waals surface area contributed by atoms with E-state index in [1.54, 1.807) is 19.1 Å². The third-order valence-electron chi connectivity index (χ3n) is 4.03. The van der Waals surface area contributed by atoms with E-state index in [4.69, 9.17) is 0 Å². The lowest BCUT2D eigenvalue weighted by Gasteiger charge is -2.25. The van der Waals surface area contributed by atoms with Crippen molar-refractivity contribution in [1.29, 1.82) is 0 Å². The summed E-state index contributed by atoms with van der Waals surface area (Å²) >= 11 is 0.